The van der Waals surface area contributed by atoms with Crippen molar-refractivity contribution in [2.75, 3.05) is 19.0 Å². The highest BCUT2D eigenvalue weighted by molar-refractivity contribution is 7.08. The molecule has 0 N–H and O–H groups in total. The maximum atomic E-state index is 2.57. The molecule has 0 radical (unpaired) electrons. The van der Waals surface area contributed by atoms with E-state index >= 15 is 0 Å². The molecule has 4 aromatic rings. The average Bonchev–Trinajstić information content (AvgIpc) is 3.02. The summed E-state index contributed by atoms with van der Waals surface area (Å²) in [5.41, 5.74) is 14.0. The van der Waals surface area contributed by atoms with Gasteiger partial charge in [-0.05, 0) is 0 Å². The van der Waals surface area contributed by atoms with E-state index in [4.69, 9.17) is 0 Å². The molecule has 0 unspecified atom stereocenters. The number of aromatic nitrogens is 1. The summed E-state index contributed by atoms with van der Waals surface area (Å²) in [4.78, 5) is 2.18. The van der Waals surface area contributed by atoms with Crippen molar-refractivity contribution in [2.24, 2.45) is 0 Å². The van der Waals surface area contributed by atoms with Gasteiger partial charge in [0.25, 0.3) is 0 Å². The second-order valence-corrected chi connectivity index (χ2v) is 12.2. The molecule has 0 aliphatic carbocycles. The zero-order chi connectivity index (χ0) is 25.0. The third-order valence-electron chi connectivity index (χ3n) is 9.57. The van der Waals surface area contributed by atoms with Crippen LogP contribution in [0.4, 0.5) is 5.69 Å². The van der Waals surface area contributed by atoms with Crippen LogP contribution in [-0.4, -0.2) is 20.4 Å². The van der Waals surface area contributed by atoms with Crippen LogP contribution in [0.3, 0.4) is 0 Å². The first kappa shape index (κ1) is 21.7. The quantitative estimate of drug-likeness (QED) is 0.350. The first-order valence-corrected chi connectivity index (χ1v) is 13.1. The molecule has 0 fully saturated rings. The van der Waals surface area contributed by atoms with Gasteiger partial charge in [0.15, 0.2) is 0 Å². The summed E-state index contributed by atoms with van der Waals surface area (Å²) in [5.74, 6) is 0. The number of rotatable bonds is 2. The summed E-state index contributed by atoms with van der Waals surface area (Å²) in [5, 5.41) is 0. The predicted octanol–water partition coefficient (Wildman–Crippen LogP) is 4.32. The van der Waals surface area contributed by atoms with E-state index in [1.54, 1.807) is 0 Å². The Balaban J connectivity index is 1.77. The van der Waals surface area contributed by atoms with E-state index in [0.29, 0.717) is 0 Å². The van der Waals surface area contributed by atoms with Crippen molar-refractivity contribution < 1.29 is 4.48 Å². The molecule has 3 aromatic carbocycles. The number of hydrogen-bond acceptors (Lipinski definition) is 1. The van der Waals surface area contributed by atoms with Crippen LogP contribution in [0, 0.1) is 0 Å². The normalized spacial score (nSPS) is 18.3. The van der Waals surface area contributed by atoms with Crippen molar-refractivity contribution in [1.82, 2.24) is 0 Å². The molecule has 0 saturated heterocycles. The summed E-state index contributed by atoms with van der Waals surface area (Å²) in [7, 11) is 4.23. The van der Waals surface area contributed by atoms with Crippen molar-refractivity contribution in [3.05, 3.63) is 113 Å². The molecule has 4 heterocycles. The molecule has 0 saturated carbocycles. The number of benzene rings is 3. The van der Waals surface area contributed by atoms with E-state index in [9.17, 15) is 0 Å². The molecule has 0 amide bonds. The van der Waals surface area contributed by atoms with E-state index in [1.165, 1.54) is 55.5 Å². The lowest BCUT2D eigenvalue weighted by molar-refractivity contribution is -0.539. The molecule has 3 aliphatic heterocycles. The SMILES string of the molecule is CN(C)c1cc[n+]([B-]23c4c5cccc4C(C)(C)c4cccc(c42)C(C)(C)c2cccc(c23)C=C5)cc1. The molecule has 0 atom stereocenters. The van der Waals surface area contributed by atoms with E-state index in [1.807, 2.05) is 0 Å². The van der Waals surface area contributed by atoms with Gasteiger partial charge in [-0.25, -0.2) is 0 Å². The standard InChI is InChI=1S/C33H33BN2/c1-32(2)25-12-7-10-22-16-17-23-11-8-13-26-30(23)34(29(22)25,36-20-18-24(19-21-36)35(5)6)31-27(32)14-9-15-28(31)33(26,3)4/h7-21H,1-6H3. The molecule has 2 nitrogen and oxygen atoms in total. The van der Waals surface area contributed by atoms with Gasteiger partial charge >= 0.3 is 6.28 Å². The topological polar surface area (TPSA) is 7.12 Å². The van der Waals surface area contributed by atoms with Crippen molar-refractivity contribution in [1.29, 1.82) is 0 Å². The monoisotopic (exact) mass is 468 g/mol. The molecule has 36 heavy (non-hydrogen) atoms. The van der Waals surface area contributed by atoms with Crippen molar-refractivity contribution in [2.45, 2.75) is 38.5 Å². The Kier molecular flexibility index (Phi) is 4.09. The van der Waals surface area contributed by atoms with Gasteiger partial charge in [-0.15, -0.1) is 16.4 Å². The summed E-state index contributed by atoms with van der Waals surface area (Å²) in [6, 6.07) is 25.5. The van der Waals surface area contributed by atoms with Gasteiger partial charge in [0.2, 0.25) is 0 Å². The van der Waals surface area contributed by atoms with Crippen molar-refractivity contribution in [3.8, 4) is 0 Å². The second-order valence-electron chi connectivity index (χ2n) is 12.2. The maximum Gasteiger partial charge on any atom is 0.362 e. The molecule has 3 heteroatoms. The fourth-order valence-corrected chi connectivity index (χ4v) is 7.92. The van der Waals surface area contributed by atoms with Crippen LogP contribution in [-0.2, 0) is 10.8 Å². The highest BCUT2D eigenvalue weighted by Gasteiger charge is 2.58. The maximum absolute atomic E-state index is 2.57. The Labute approximate surface area is 214 Å². The lowest BCUT2D eigenvalue weighted by Gasteiger charge is -2.55. The zero-order valence-electron chi connectivity index (χ0n) is 22.1. The smallest absolute Gasteiger partial charge is 0.362 e. The van der Waals surface area contributed by atoms with Crippen molar-refractivity contribution in [3.63, 3.8) is 0 Å². The van der Waals surface area contributed by atoms with Gasteiger partial charge in [0.05, 0.1) is 0 Å². The lowest BCUT2D eigenvalue weighted by atomic mass is 9.16. The van der Waals surface area contributed by atoms with Crippen molar-refractivity contribution >= 4 is 40.5 Å². The molecule has 7 rings (SSSR count). The second kappa shape index (κ2) is 6.79. The molecule has 0 bridgehead atoms. The Morgan fingerprint density at radius 2 is 1.00 bits per heavy atom. The van der Waals surface area contributed by atoms with Gasteiger partial charge < -0.3 is 9.38 Å². The lowest BCUT2D eigenvalue weighted by Crippen LogP contribution is -2.90. The predicted molar refractivity (Wildman–Crippen MR) is 154 cm³/mol. The van der Waals surface area contributed by atoms with Crippen LogP contribution >= 0.6 is 0 Å². The largest absolute Gasteiger partial charge is 0.415 e. The molecule has 1 aromatic heterocycles. The number of hydrogen-bond donors (Lipinski definition) is 0. The highest BCUT2D eigenvalue weighted by Crippen LogP contribution is 2.44. The van der Waals surface area contributed by atoms with Crippen LogP contribution in [0.2, 0.25) is 0 Å². The van der Waals surface area contributed by atoms with Gasteiger partial charge in [-0.2, -0.15) is 0 Å². The van der Waals surface area contributed by atoms with E-state index in [-0.39, 0.29) is 10.8 Å². The molecular weight excluding hydrogens is 435 g/mol. The fraction of sp³-hybridized carbons (Fsp3) is 0.242. The Bertz CT molecular complexity index is 1520. The average molecular weight is 468 g/mol. The van der Waals surface area contributed by atoms with Crippen LogP contribution < -0.4 is 25.8 Å². The third-order valence-corrected chi connectivity index (χ3v) is 9.57. The van der Waals surface area contributed by atoms with Gasteiger partial charge in [0.1, 0.15) is 12.4 Å². The zero-order valence-corrected chi connectivity index (χ0v) is 22.1. The van der Waals surface area contributed by atoms with Crippen LogP contribution in [0.5, 0.6) is 0 Å². The Morgan fingerprint density at radius 1 is 0.583 bits per heavy atom. The van der Waals surface area contributed by atoms with Gasteiger partial charge in [0, 0.05) is 42.7 Å². The van der Waals surface area contributed by atoms with Gasteiger partial charge in [-0.3, -0.25) is 0 Å². The third kappa shape index (κ3) is 2.37. The summed E-state index contributed by atoms with van der Waals surface area (Å²) >= 11 is 0. The Hall–Kier alpha value is -3.59. The first-order valence-electron chi connectivity index (χ1n) is 13.1. The summed E-state index contributed by atoms with van der Waals surface area (Å²) < 4.78 is 2.57. The number of anilines is 1. The molecule has 3 aliphatic rings. The molecule has 178 valence electrons. The van der Waals surface area contributed by atoms with Crippen LogP contribution in [0.25, 0.3) is 12.2 Å². The Morgan fingerprint density at radius 3 is 1.44 bits per heavy atom. The number of pyridine rings is 1. The van der Waals surface area contributed by atoms with Gasteiger partial charge in [-0.1, -0.05) is 128 Å². The highest BCUT2D eigenvalue weighted by atomic mass is 15.1. The van der Waals surface area contributed by atoms with E-state index in [2.05, 4.69) is 142 Å². The number of nitrogens with zero attached hydrogens (tertiary/aromatic N) is 2. The van der Waals surface area contributed by atoms with E-state index in [0.717, 1.165) is 0 Å². The van der Waals surface area contributed by atoms with E-state index < -0.39 is 6.28 Å². The fourth-order valence-electron chi connectivity index (χ4n) is 7.92. The van der Waals surface area contributed by atoms with Crippen LogP contribution in [0.15, 0.2) is 79.1 Å². The molecular formula is C33H33BN2. The van der Waals surface area contributed by atoms with Crippen LogP contribution in [0.1, 0.15) is 61.1 Å². The first-order chi connectivity index (χ1) is 17.2. The minimum Gasteiger partial charge on any atom is -0.415 e. The minimum atomic E-state index is -1.45. The molecule has 0 spiro atoms. The summed E-state index contributed by atoms with van der Waals surface area (Å²) in [6.45, 7) is 9.67. The minimum absolute atomic E-state index is 0.0905. The summed E-state index contributed by atoms with van der Waals surface area (Å²) in [6.07, 6.45) is 7.94.